The van der Waals surface area contributed by atoms with Crippen LogP contribution in [0.25, 0.3) is 10.2 Å². The Hall–Kier alpha value is -2.27. The molecule has 7 nitrogen and oxygen atoms in total. The molecule has 3 aromatic rings. The van der Waals surface area contributed by atoms with E-state index in [4.69, 9.17) is 4.74 Å². The molecule has 0 aliphatic heterocycles. The SMILES string of the molecule is COc1ccc(C)c2sc(N(CCCN(C)C)C(=O)CS(=O)(=O)c3ccc(F)cc3)nc12.Cl. The second-order valence-electron chi connectivity index (χ2n) is 7.67. The summed E-state index contributed by atoms with van der Waals surface area (Å²) in [6.45, 7) is 2.99. The van der Waals surface area contributed by atoms with Gasteiger partial charge in [0.25, 0.3) is 0 Å². The van der Waals surface area contributed by atoms with E-state index in [2.05, 4.69) is 4.98 Å². The first kappa shape index (κ1) is 27.0. The van der Waals surface area contributed by atoms with E-state index in [0.29, 0.717) is 29.4 Å². The average molecular weight is 516 g/mol. The summed E-state index contributed by atoms with van der Waals surface area (Å²) in [6, 6.07) is 8.20. The van der Waals surface area contributed by atoms with Crippen LogP contribution in [0.15, 0.2) is 41.3 Å². The Balaban J connectivity index is 0.00000385. The highest BCUT2D eigenvalue weighted by atomic mass is 35.5. The second-order valence-corrected chi connectivity index (χ2v) is 10.6. The fraction of sp³-hybridized carbons (Fsp3) is 0.364. The molecule has 0 radical (unpaired) electrons. The van der Waals surface area contributed by atoms with Crippen LogP contribution in [0, 0.1) is 12.7 Å². The predicted molar refractivity (Wildman–Crippen MR) is 132 cm³/mol. The smallest absolute Gasteiger partial charge is 0.244 e. The topological polar surface area (TPSA) is 79.8 Å². The van der Waals surface area contributed by atoms with Gasteiger partial charge in [-0.2, -0.15) is 0 Å². The molecule has 0 spiro atoms. The number of hydrogen-bond donors (Lipinski definition) is 0. The van der Waals surface area contributed by atoms with E-state index >= 15 is 0 Å². The molecule has 0 bridgehead atoms. The van der Waals surface area contributed by atoms with Gasteiger partial charge in [-0.3, -0.25) is 9.69 Å². The van der Waals surface area contributed by atoms with Gasteiger partial charge in [0.15, 0.2) is 15.0 Å². The van der Waals surface area contributed by atoms with Crippen molar-refractivity contribution in [2.45, 2.75) is 18.2 Å². The second kappa shape index (κ2) is 11.2. The lowest BCUT2D eigenvalue weighted by Crippen LogP contribution is -2.37. The number of rotatable bonds is 9. The van der Waals surface area contributed by atoms with Crippen molar-refractivity contribution >= 4 is 54.8 Å². The van der Waals surface area contributed by atoms with E-state index < -0.39 is 27.3 Å². The summed E-state index contributed by atoms with van der Waals surface area (Å²) in [5.41, 5.74) is 1.63. The maximum absolute atomic E-state index is 13.2. The molecular weight excluding hydrogens is 489 g/mol. The molecule has 0 saturated heterocycles. The first-order valence-electron chi connectivity index (χ1n) is 10.00. The minimum atomic E-state index is -3.94. The zero-order valence-electron chi connectivity index (χ0n) is 18.9. The third-order valence-electron chi connectivity index (χ3n) is 4.92. The van der Waals surface area contributed by atoms with Crippen molar-refractivity contribution < 1.29 is 22.3 Å². The van der Waals surface area contributed by atoms with Crippen molar-refractivity contribution in [3.8, 4) is 5.75 Å². The molecule has 0 saturated carbocycles. The molecule has 0 aliphatic rings. The standard InChI is InChI=1S/C22H26FN3O4S2.ClH/c1-15-6-11-18(30-4)20-21(15)31-22(24-20)26(13-5-12-25(2)3)19(27)14-32(28,29)17-9-7-16(23)8-10-17;/h6-11H,5,12-14H2,1-4H3;1H. The molecule has 0 aliphatic carbocycles. The van der Waals surface area contributed by atoms with Crippen LogP contribution in [0.5, 0.6) is 5.75 Å². The van der Waals surface area contributed by atoms with Gasteiger partial charge in [-0.05, 0) is 69.9 Å². The molecule has 2 aromatic carbocycles. The number of carbonyl (C=O) groups is 1. The van der Waals surface area contributed by atoms with Gasteiger partial charge in [0.1, 0.15) is 22.8 Å². The van der Waals surface area contributed by atoms with Crippen molar-refractivity contribution in [2.24, 2.45) is 0 Å². The Morgan fingerprint density at radius 3 is 2.39 bits per heavy atom. The molecule has 1 aromatic heterocycles. The third-order valence-corrected chi connectivity index (χ3v) is 7.75. The number of hydrogen-bond acceptors (Lipinski definition) is 7. The highest BCUT2D eigenvalue weighted by Gasteiger charge is 2.27. The van der Waals surface area contributed by atoms with Gasteiger partial charge in [0.05, 0.1) is 16.7 Å². The van der Waals surface area contributed by atoms with Crippen molar-refractivity contribution in [3.63, 3.8) is 0 Å². The molecule has 3 rings (SSSR count). The fourth-order valence-corrected chi connectivity index (χ4v) is 5.51. The number of ether oxygens (including phenoxy) is 1. The van der Waals surface area contributed by atoms with Crippen LogP contribution in [-0.2, 0) is 14.6 Å². The summed E-state index contributed by atoms with van der Waals surface area (Å²) in [7, 11) is 1.47. The van der Waals surface area contributed by atoms with Crippen LogP contribution >= 0.6 is 23.7 Å². The maximum Gasteiger partial charge on any atom is 0.244 e. The molecular formula is C22H27ClFN3O4S2. The molecule has 1 amide bonds. The summed E-state index contributed by atoms with van der Waals surface area (Å²) in [4.78, 5) is 21.1. The van der Waals surface area contributed by atoms with E-state index in [1.54, 1.807) is 7.11 Å². The van der Waals surface area contributed by atoms with Crippen molar-refractivity contribution in [1.29, 1.82) is 0 Å². The molecule has 0 atom stereocenters. The Morgan fingerprint density at radius 1 is 1.12 bits per heavy atom. The number of nitrogens with zero attached hydrogens (tertiary/aromatic N) is 3. The maximum atomic E-state index is 13.2. The zero-order valence-corrected chi connectivity index (χ0v) is 21.3. The highest BCUT2D eigenvalue weighted by Crippen LogP contribution is 2.36. The molecule has 11 heteroatoms. The number of halogens is 2. The molecule has 0 fully saturated rings. The monoisotopic (exact) mass is 515 g/mol. The minimum absolute atomic E-state index is 0. The van der Waals surface area contributed by atoms with E-state index in [-0.39, 0.29) is 17.3 Å². The minimum Gasteiger partial charge on any atom is -0.494 e. The molecule has 1 heterocycles. The lowest BCUT2D eigenvalue weighted by atomic mass is 10.2. The highest BCUT2D eigenvalue weighted by molar-refractivity contribution is 7.92. The number of fused-ring (bicyclic) bond motifs is 1. The number of carbonyl (C=O) groups excluding carboxylic acids is 1. The Morgan fingerprint density at radius 2 is 1.79 bits per heavy atom. The summed E-state index contributed by atoms with van der Waals surface area (Å²) in [6.07, 6.45) is 0.640. The van der Waals surface area contributed by atoms with Crippen molar-refractivity contribution in [1.82, 2.24) is 9.88 Å². The number of methoxy groups -OCH3 is 1. The number of amides is 1. The van der Waals surface area contributed by atoms with Crippen LogP contribution in [0.2, 0.25) is 0 Å². The average Bonchev–Trinajstić information content (AvgIpc) is 3.17. The lowest BCUT2D eigenvalue weighted by molar-refractivity contribution is -0.116. The number of thiazole rings is 1. The molecule has 33 heavy (non-hydrogen) atoms. The summed E-state index contributed by atoms with van der Waals surface area (Å²) < 4.78 is 45.0. The zero-order chi connectivity index (χ0) is 23.5. The number of sulfone groups is 1. The van der Waals surface area contributed by atoms with Crippen molar-refractivity contribution in [3.05, 3.63) is 47.8 Å². The van der Waals surface area contributed by atoms with Crippen molar-refractivity contribution in [2.75, 3.05) is 44.9 Å². The van der Waals surface area contributed by atoms with Crippen LogP contribution in [0.4, 0.5) is 9.52 Å². The molecule has 0 N–H and O–H groups in total. The summed E-state index contributed by atoms with van der Waals surface area (Å²) in [5, 5.41) is 0.422. The Labute approximate surface area is 203 Å². The first-order chi connectivity index (χ1) is 15.1. The van der Waals surface area contributed by atoms with Gasteiger partial charge in [-0.15, -0.1) is 12.4 Å². The van der Waals surface area contributed by atoms with Gasteiger partial charge in [0.2, 0.25) is 5.91 Å². The normalized spacial score (nSPS) is 11.5. The quantitative estimate of drug-likeness (QED) is 0.402. The number of anilines is 1. The van der Waals surface area contributed by atoms with E-state index in [1.807, 2.05) is 38.1 Å². The lowest BCUT2D eigenvalue weighted by Gasteiger charge is -2.21. The number of aryl methyl sites for hydroxylation is 1. The van der Waals surface area contributed by atoms with E-state index in [9.17, 15) is 17.6 Å². The van der Waals surface area contributed by atoms with Gasteiger partial charge in [-0.1, -0.05) is 17.4 Å². The number of benzene rings is 2. The predicted octanol–water partition coefficient (Wildman–Crippen LogP) is 3.93. The Bertz CT molecular complexity index is 1210. The van der Waals surface area contributed by atoms with Gasteiger partial charge < -0.3 is 9.64 Å². The van der Waals surface area contributed by atoms with Crippen LogP contribution in [0.3, 0.4) is 0 Å². The third kappa shape index (κ3) is 6.41. The molecule has 180 valence electrons. The number of aromatic nitrogens is 1. The summed E-state index contributed by atoms with van der Waals surface area (Å²) in [5.74, 6) is -1.26. The van der Waals surface area contributed by atoms with Crippen LogP contribution in [-0.4, -0.2) is 64.3 Å². The fourth-order valence-electron chi connectivity index (χ4n) is 3.22. The molecule has 0 unspecified atom stereocenters. The van der Waals surface area contributed by atoms with Crippen LogP contribution < -0.4 is 9.64 Å². The van der Waals surface area contributed by atoms with Gasteiger partial charge >= 0.3 is 0 Å². The summed E-state index contributed by atoms with van der Waals surface area (Å²) >= 11 is 1.33. The van der Waals surface area contributed by atoms with E-state index in [1.165, 1.54) is 28.4 Å². The first-order valence-corrected chi connectivity index (χ1v) is 12.5. The van der Waals surface area contributed by atoms with Crippen LogP contribution in [0.1, 0.15) is 12.0 Å². The Kier molecular flexibility index (Phi) is 9.19. The van der Waals surface area contributed by atoms with Gasteiger partial charge in [0, 0.05) is 6.54 Å². The van der Waals surface area contributed by atoms with Gasteiger partial charge in [-0.25, -0.2) is 17.8 Å². The van der Waals surface area contributed by atoms with E-state index in [0.717, 1.165) is 28.9 Å². The largest absolute Gasteiger partial charge is 0.494 e.